The van der Waals surface area contributed by atoms with Crippen LogP contribution in [0.15, 0.2) is 18.3 Å². The quantitative estimate of drug-likeness (QED) is 0.792. The summed E-state index contributed by atoms with van der Waals surface area (Å²) in [4.78, 5) is 6.34. The maximum Gasteiger partial charge on any atom is 0.144 e. The zero-order valence-corrected chi connectivity index (χ0v) is 10.5. The Morgan fingerprint density at radius 1 is 1.50 bits per heavy atom. The normalized spacial score (nSPS) is 10.8. The maximum absolute atomic E-state index is 5.96. The molecule has 1 N–H and O–H groups in total. The lowest BCUT2D eigenvalue weighted by molar-refractivity contribution is 0.163. The Labute approximate surface area is 102 Å². The number of aromatic nitrogens is 1. The Kier molecular flexibility index (Phi) is 6.15. The van der Waals surface area contributed by atoms with Crippen LogP contribution in [0.1, 0.15) is 0 Å². The van der Waals surface area contributed by atoms with E-state index in [2.05, 4.69) is 22.2 Å². The van der Waals surface area contributed by atoms with Crippen molar-refractivity contribution < 1.29 is 4.74 Å². The average Bonchev–Trinajstić information content (AvgIpc) is 2.29. The molecular formula is C11H18ClN3O. The predicted molar refractivity (Wildman–Crippen MR) is 67.1 cm³/mol. The molecule has 0 radical (unpaired) electrons. The third-order valence-electron chi connectivity index (χ3n) is 2.22. The summed E-state index contributed by atoms with van der Waals surface area (Å²) < 4.78 is 5.00. The largest absolute Gasteiger partial charge is 0.383 e. The van der Waals surface area contributed by atoms with Crippen molar-refractivity contribution in [2.45, 2.75) is 0 Å². The highest BCUT2D eigenvalue weighted by atomic mass is 35.5. The van der Waals surface area contributed by atoms with Crippen molar-refractivity contribution in [1.29, 1.82) is 0 Å². The molecule has 0 saturated heterocycles. The molecule has 5 heteroatoms. The first-order valence-electron chi connectivity index (χ1n) is 5.26. The first-order valence-corrected chi connectivity index (χ1v) is 5.63. The molecule has 0 aromatic carbocycles. The summed E-state index contributed by atoms with van der Waals surface area (Å²) in [6.45, 7) is 3.42. The molecule has 0 saturated carbocycles. The van der Waals surface area contributed by atoms with Crippen molar-refractivity contribution in [3.05, 3.63) is 23.4 Å². The van der Waals surface area contributed by atoms with E-state index in [0.29, 0.717) is 5.02 Å². The molecule has 0 bridgehead atoms. The van der Waals surface area contributed by atoms with Crippen molar-refractivity contribution >= 4 is 17.4 Å². The molecule has 0 aliphatic carbocycles. The molecule has 90 valence electrons. The lowest BCUT2D eigenvalue weighted by Gasteiger charge is -2.16. The van der Waals surface area contributed by atoms with Crippen molar-refractivity contribution in [3.8, 4) is 0 Å². The number of likely N-dealkylation sites (N-methyl/N-ethyl adjacent to an activating group) is 1. The van der Waals surface area contributed by atoms with Gasteiger partial charge in [-0.05, 0) is 19.2 Å². The number of hydrogen-bond acceptors (Lipinski definition) is 4. The Morgan fingerprint density at radius 3 is 3.00 bits per heavy atom. The highest BCUT2D eigenvalue weighted by molar-refractivity contribution is 6.32. The second-order valence-corrected chi connectivity index (χ2v) is 3.96. The van der Waals surface area contributed by atoms with Crippen LogP contribution in [0.25, 0.3) is 0 Å². The molecule has 1 rings (SSSR count). The summed E-state index contributed by atoms with van der Waals surface area (Å²) >= 11 is 5.96. The van der Waals surface area contributed by atoms with Crippen LogP contribution in [-0.2, 0) is 4.74 Å². The van der Waals surface area contributed by atoms with Gasteiger partial charge in [-0.2, -0.15) is 0 Å². The summed E-state index contributed by atoms with van der Waals surface area (Å²) in [6.07, 6.45) is 1.73. The molecular weight excluding hydrogens is 226 g/mol. The fraction of sp³-hybridized carbons (Fsp3) is 0.545. The van der Waals surface area contributed by atoms with Gasteiger partial charge in [-0.25, -0.2) is 4.98 Å². The number of nitrogens with zero attached hydrogens (tertiary/aromatic N) is 2. The SMILES string of the molecule is COCCN(C)CCNc1ncccc1Cl. The van der Waals surface area contributed by atoms with Crippen LogP contribution >= 0.6 is 11.6 Å². The van der Waals surface area contributed by atoms with Crippen LogP contribution in [-0.4, -0.2) is 50.3 Å². The lowest BCUT2D eigenvalue weighted by Crippen LogP contribution is -2.28. The molecule has 1 aromatic heterocycles. The number of pyridine rings is 1. The molecule has 0 aliphatic heterocycles. The second-order valence-electron chi connectivity index (χ2n) is 3.56. The molecule has 0 spiro atoms. The van der Waals surface area contributed by atoms with E-state index in [4.69, 9.17) is 16.3 Å². The van der Waals surface area contributed by atoms with E-state index < -0.39 is 0 Å². The number of nitrogens with one attached hydrogen (secondary N) is 1. The minimum Gasteiger partial charge on any atom is -0.383 e. The minimum absolute atomic E-state index is 0.655. The van der Waals surface area contributed by atoms with Gasteiger partial charge in [0.1, 0.15) is 5.82 Å². The fourth-order valence-corrected chi connectivity index (χ4v) is 1.43. The van der Waals surface area contributed by atoms with Gasteiger partial charge >= 0.3 is 0 Å². The zero-order chi connectivity index (χ0) is 11.8. The summed E-state index contributed by atoms with van der Waals surface area (Å²) in [5.41, 5.74) is 0. The van der Waals surface area contributed by atoms with Gasteiger partial charge in [0.15, 0.2) is 0 Å². The van der Waals surface area contributed by atoms with E-state index in [1.165, 1.54) is 0 Å². The van der Waals surface area contributed by atoms with Crippen molar-refractivity contribution in [1.82, 2.24) is 9.88 Å². The van der Waals surface area contributed by atoms with Crippen LogP contribution in [0.3, 0.4) is 0 Å². The third kappa shape index (κ3) is 4.79. The summed E-state index contributed by atoms with van der Waals surface area (Å²) in [6, 6.07) is 3.64. The van der Waals surface area contributed by atoms with Gasteiger partial charge in [0.2, 0.25) is 0 Å². The number of methoxy groups -OCH3 is 1. The molecule has 4 nitrogen and oxygen atoms in total. The standard InChI is InChI=1S/C11H18ClN3O/c1-15(8-9-16-2)7-6-14-11-10(12)4-3-5-13-11/h3-5H,6-9H2,1-2H3,(H,13,14). The summed E-state index contributed by atoms with van der Waals surface area (Å²) in [5, 5.41) is 3.85. The molecule has 0 amide bonds. The second kappa shape index (κ2) is 7.44. The van der Waals surface area contributed by atoms with E-state index in [1.807, 2.05) is 12.1 Å². The van der Waals surface area contributed by atoms with Crippen molar-refractivity contribution in [2.24, 2.45) is 0 Å². The third-order valence-corrected chi connectivity index (χ3v) is 2.53. The van der Waals surface area contributed by atoms with Gasteiger partial charge < -0.3 is 15.0 Å². The number of hydrogen-bond donors (Lipinski definition) is 1. The molecule has 1 heterocycles. The lowest BCUT2D eigenvalue weighted by atomic mass is 10.4. The number of ether oxygens (including phenoxy) is 1. The molecule has 16 heavy (non-hydrogen) atoms. The van der Waals surface area contributed by atoms with Gasteiger partial charge in [-0.15, -0.1) is 0 Å². The molecule has 0 aliphatic rings. The first-order chi connectivity index (χ1) is 7.74. The monoisotopic (exact) mass is 243 g/mol. The van der Waals surface area contributed by atoms with Crippen LogP contribution in [0, 0.1) is 0 Å². The van der Waals surface area contributed by atoms with E-state index in [9.17, 15) is 0 Å². The Morgan fingerprint density at radius 2 is 2.31 bits per heavy atom. The Hall–Kier alpha value is -0.840. The van der Waals surface area contributed by atoms with Crippen molar-refractivity contribution in [2.75, 3.05) is 45.7 Å². The van der Waals surface area contributed by atoms with E-state index >= 15 is 0 Å². The number of halogens is 1. The maximum atomic E-state index is 5.96. The molecule has 1 aromatic rings. The van der Waals surface area contributed by atoms with E-state index in [1.54, 1.807) is 13.3 Å². The Bertz CT molecular complexity index is 309. The van der Waals surface area contributed by atoms with Crippen LogP contribution in [0.4, 0.5) is 5.82 Å². The van der Waals surface area contributed by atoms with Gasteiger partial charge in [-0.1, -0.05) is 11.6 Å². The highest BCUT2D eigenvalue weighted by Crippen LogP contribution is 2.16. The minimum atomic E-state index is 0.655. The fourth-order valence-electron chi connectivity index (χ4n) is 1.24. The number of rotatable bonds is 7. The van der Waals surface area contributed by atoms with Crippen LogP contribution < -0.4 is 5.32 Å². The highest BCUT2D eigenvalue weighted by Gasteiger charge is 2.00. The van der Waals surface area contributed by atoms with Gasteiger partial charge in [0.25, 0.3) is 0 Å². The zero-order valence-electron chi connectivity index (χ0n) is 9.74. The predicted octanol–water partition coefficient (Wildman–Crippen LogP) is 1.73. The van der Waals surface area contributed by atoms with Crippen LogP contribution in [0.5, 0.6) is 0 Å². The number of anilines is 1. The van der Waals surface area contributed by atoms with Gasteiger partial charge in [0.05, 0.1) is 11.6 Å². The van der Waals surface area contributed by atoms with Gasteiger partial charge in [-0.3, -0.25) is 0 Å². The van der Waals surface area contributed by atoms with Gasteiger partial charge in [0, 0.05) is 32.9 Å². The smallest absolute Gasteiger partial charge is 0.144 e. The topological polar surface area (TPSA) is 37.4 Å². The molecule has 0 atom stereocenters. The average molecular weight is 244 g/mol. The summed E-state index contributed by atoms with van der Waals surface area (Å²) in [5.74, 6) is 0.740. The van der Waals surface area contributed by atoms with Crippen molar-refractivity contribution in [3.63, 3.8) is 0 Å². The summed E-state index contributed by atoms with van der Waals surface area (Å²) in [7, 11) is 3.76. The van der Waals surface area contributed by atoms with Crippen LogP contribution in [0.2, 0.25) is 5.02 Å². The molecule has 0 fully saturated rings. The van der Waals surface area contributed by atoms with E-state index in [-0.39, 0.29) is 0 Å². The first kappa shape index (κ1) is 13.2. The van der Waals surface area contributed by atoms with E-state index in [0.717, 1.165) is 32.1 Å². The molecule has 0 unspecified atom stereocenters. The Balaban J connectivity index is 2.23.